The van der Waals surface area contributed by atoms with Gasteiger partial charge in [0, 0.05) is 20.5 Å². The maximum absolute atomic E-state index is 10.6. The highest BCUT2D eigenvalue weighted by molar-refractivity contribution is 5.74. The molecule has 13 heavy (non-hydrogen) atoms. The van der Waals surface area contributed by atoms with E-state index in [-0.39, 0.29) is 12.8 Å². The van der Waals surface area contributed by atoms with Crippen molar-refractivity contribution in [1.29, 1.82) is 0 Å². The molecule has 0 aliphatic rings. The van der Waals surface area contributed by atoms with Gasteiger partial charge in [0.2, 0.25) is 0 Å². The summed E-state index contributed by atoms with van der Waals surface area (Å²) in [5, 5.41) is 18.5. The average Bonchev–Trinajstić information content (AvgIpc) is 1.96. The highest BCUT2D eigenvalue weighted by Gasteiger charge is 2.18. The maximum Gasteiger partial charge on any atom is 0.322 e. The molecule has 0 aromatic carbocycles. The summed E-state index contributed by atoms with van der Waals surface area (Å²) in [5.41, 5.74) is 2.61. The normalized spacial score (nSPS) is 12.8. The number of carboxylic acid groups (broad SMARTS) is 2. The molecule has 0 saturated carbocycles. The van der Waals surface area contributed by atoms with Gasteiger partial charge in [0.1, 0.15) is 6.04 Å². The minimum atomic E-state index is -1.05. The number of carboxylic acids is 2. The van der Waals surface area contributed by atoms with Gasteiger partial charge in [-0.3, -0.25) is 9.59 Å². The minimum absolute atomic E-state index is 0.0723. The van der Waals surface area contributed by atoms with Crippen molar-refractivity contribution in [1.82, 2.24) is 10.4 Å². The molecular formula is C7H14N2O4. The van der Waals surface area contributed by atoms with Gasteiger partial charge in [-0.2, -0.15) is 0 Å². The number of hydrogen-bond acceptors (Lipinski definition) is 4. The number of carbonyl (C=O) groups is 2. The van der Waals surface area contributed by atoms with Crippen LogP contribution >= 0.6 is 0 Å². The summed E-state index contributed by atoms with van der Waals surface area (Å²) in [4.78, 5) is 20.7. The van der Waals surface area contributed by atoms with Crippen LogP contribution < -0.4 is 5.43 Å². The zero-order chi connectivity index (χ0) is 10.4. The fourth-order valence-electron chi connectivity index (χ4n) is 0.823. The number of hydrazine groups is 1. The van der Waals surface area contributed by atoms with Crippen LogP contribution in [-0.2, 0) is 9.59 Å². The Balaban J connectivity index is 3.95. The lowest BCUT2D eigenvalue weighted by Crippen LogP contribution is -2.44. The Morgan fingerprint density at radius 2 is 1.92 bits per heavy atom. The number of nitrogens with one attached hydrogen (secondary N) is 1. The maximum atomic E-state index is 10.6. The van der Waals surface area contributed by atoms with Crippen LogP contribution in [0, 0.1) is 0 Å². The van der Waals surface area contributed by atoms with Gasteiger partial charge in [-0.25, -0.2) is 10.4 Å². The van der Waals surface area contributed by atoms with Crippen LogP contribution in [0.3, 0.4) is 0 Å². The summed E-state index contributed by atoms with van der Waals surface area (Å²) >= 11 is 0. The Hall–Kier alpha value is -1.14. The molecule has 0 aliphatic heterocycles. The second kappa shape index (κ2) is 5.50. The molecule has 0 radical (unpaired) electrons. The average molecular weight is 190 g/mol. The summed E-state index contributed by atoms with van der Waals surface area (Å²) in [5.74, 6) is -2.04. The molecule has 0 heterocycles. The fraction of sp³-hybridized carbons (Fsp3) is 0.714. The van der Waals surface area contributed by atoms with Gasteiger partial charge in [-0.15, -0.1) is 0 Å². The van der Waals surface area contributed by atoms with Crippen molar-refractivity contribution < 1.29 is 19.8 Å². The van der Waals surface area contributed by atoms with Crippen molar-refractivity contribution in [3.8, 4) is 0 Å². The summed E-state index contributed by atoms with van der Waals surface area (Å²) in [6, 6.07) is -0.842. The summed E-state index contributed by atoms with van der Waals surface area (Å²) < 4.78 is 0. The second-order valence-electron chi connectivity index (χ2n) is 2.85. The van der Waals surface area contributed by atoms with Crippen molar-refractivity contribution in [2.75, 3.05) is 14.1 Å². The lowest BCUT2D eigenvalue weighted by atomic mass is 10.2. The third kappa shape index (κ3) is 6.06. The molecule has 0 rings (SSSR count). The van der Waals surface area contributed by atoms with Gasteiger partial charge in [0.15, 0.2) is 0 Å². The molecule has 1 atom stereocenters. The summed E-state index contributed by atoms with van der Waals surface area (Å²) in [7, 11) is 3.30. The first-order chi connectivity index (χ1) is 5.93. The number of rotatable bonds is 6. The quantitative estimate of drug-likeness (QED) is 0.483. The summed E-state index contributed by atoms with van der Waals surface area (Å²) in [6.07, 6.45) is -0.0827. The zero-order valence-electron chi connectivity index (χ0n) is 7.65. The van der Waals surface area contributed by atoms with E-state index < -0.39 is 18.0 Å². The predicted octanol–water partition coefficient (Wildman–Crippen LogP) is -0.629. The minimum Gasteiger partial charge on any atom is -0.481 e. The molecule has 0 amide bonds. The van der Waals surface area contributed by atoms with Gasteiger partial charge in [0.05, 0.1) is 0 Å². The van der Waals surface area contributed by atoms with E-state index in [9.17, 15) is 9.59 Å². The monoisotopic (exact) mass is 190 g/mol. The Bertz CT molecular complexity index is 193. The van der Waals surface area contributed by atoms with E-state index in [1.54, 1.807) is 14.1 Å². The highest BCUT2D eigenvalue weighted by Crippen LogP contribution is 1.97. The van der Waals surface area contributed by atoms with Gasteiger partial charge >= 0.3 is 11.9 Å². The van der Waals surface area contributed by atoms with Crippen LogP contribution in [0.2, 0.25) is 0 Å². The first-order valence-corrected chi connectivity index (χ1v) is 3.81. The van der Waals surface area contributed by atoms with Gasteiger partial charge in [-0.05, 0) is 6.42 Å². The molecule has 6 nitrogen and oxygen atoms in total. The van der Waals surface area contributed by atoms with E-state index in [1.165, 1.54) is 5.01 Å². The Labute approximate surface area is 76.1 Å². The molecular weight excluding hydrogens is 176 g/mol. The SMILES string of the molecule is CN(C)N[C@@H](CCC(=O)O)C(=O)O. The lowest BCUT2D eigenvalue weighted by molar-refractivity contribution is -0.142. The fourth-order valence-corrected chi connectivity index (χ4v) is 0.823. The molecule has 0 fully saturated rings. The molecule has 6 heteroatoms. The van der Waals surface area contributed by atoms with Crippen LogP contribution in [0.5, 0.6) is 0 Å². The largest absolute Gasteiger partial charge is 0.481 e. The van der Waals surface area contributed by atoms with E-state index in [0.717, 1.165) is 0 Å². The van der Waals surface area contributed by atoms with Crippen molar-refractivity contribution in [2.45, 2.75) is 18.9 Å². The van der Waals surface area contributed by atoms with Gasteiger partial charge < -0.3 is 10.2 Å². The molecule has 0 spiro atoms. The highest BCUT2D eigenvalue weighted by atomic mass is 16.4. The lowest BCUT2D eigenvalue weighted by Gasteiger charge is -2.18. The van der Waals surface area contributed by atoms with Crippen molar-refractivity contribution in [3.05, 3.63) is 0 Å². The number of nitrogens with zero attached hydrogens (tertiary/aromatic N) is 1. The van der Waals surface area contributed by atoms with Crippen LogP contribution in [0.1, 0.15) is 12.8 Å². The van der Waals surface area contributed by atoms with E-state index >= 15 is 0 Å². The smallest absolute Gasteiger partial charge is 0.322 e. The van der Waals surface area contributed by atoms with Crippen molar-refractivity contribution in [3.63, 3.8) is 0 Å². The molecule has 76 valence electrons. The predicted molar refractivity (Wildman–Crippen MR) is 45.1 cm³/mol. The zero-order valence-corrected chi connectivity index (χ0v) is 7.65. The van der Waals surface area contributed by atoms with Crippen LogP contribution in [0.25, 0.3) is 0 Å². The van der Waals surface area contributed by atoms with Crippen molar-refractivity contribution in [2.24, 2.45) is 0 Å². The number of hydrogen-bond donors (Lipinski definition) is 3. The molecule has 0 bridgehead atoms. The van der Waals surface area contributed by atoms with Crippen LogP contribution in [-0.4, -0.2) is 47.3 Å². The number of aliphatic carboxylic acids is 2. The Morgan fingerprint density at radius 3 is 2.23 bits per heavy atom. The first kappa shape index (κ1) is 11.9. The van der Waals surface area contributed by atoms with E-state index in [0.29, 0.717) is 0 Å². The van der Waals surface area contributed by atoms with Crippen molar-refractivity contribution >= 4 is 11.9 Å². The second-order valence-corrected chi connectivity index (χ2v) is 2.85. The molecule has 3 N–H and O–H groups in total. The van der Waals surface area contributed by atoms with Crippen LogP contribution in [0.4, 0.5) is 0 Å². The molecule has 0 aliphatic carbocycles. The van der Waals surface area contributed by atoms with E-state index in [1.807, 2.05) is 0 Å². The summed E-state index contributed by atoms with van der Waals surface area (Å²) in [6.45, 7) is 0. The standard InChI is InChI=1S/C7H14N2O4/c1-9(2)8-5(7(12)13)3-4-6(10)11/h5,8H,3-4H2,1-2H3,(H,10,11)(H,12,13)/t5-/m0/s1. The topological polar surface area (TPSA) is 89.9 Å². The third-order valence-electron chi connectivity index (χ3n) is 1.36. The Morgan fingerprint density at radius 1 is 1.38 bits per heavy atom. The Kier molecular flexibility index (Phi) is 5.01. The molecule has 0 aromatic heterocycles. The molecule has 0 unspecified atom stereocenters. The van der Waals surface area contributed by atoms with Crippen LogP contribution in [0.15, 0.2) is 0 Å². The molecule has 0 aromatic rings. The van der Waals surface area contributed by atoms with Gasteiger partial charge in [-0.1, -0.05) is 0 Å². The van der Waals surface area contributed by atoms with E-state index in [4.69, 9.17) is 10.2 Å². The van der Waals surface area contributed by atoms with Gasteiger partial charge in [0.25, 0.3) is 0 Å². The van der Waals surface area contributed by atoms with E-state index in [2.05, 4.69) is 5.43 Å². The molecule has 0 saturated heterocycles. The first-order valence-electron chi connectivity index (χ1n) is 3.81. The third-order valence-corrected chi connectivity index (χ3v) is 1.36.